The fourth-order valence-corrected chi connectivity index (χ4v) is 5.31. The van der Waals surface area contributed by atoms with Crippen molar-refractivity contribution in [1.82, 2.24) is 4.31 Å². The number of fused-ring (bicyclic) bond motifs is 2. The maximum Gasteiger partial charge on any atom is 0.259 e. The summed E-state index contributed by atoms with van der Waals surface area (Å²) in [5, 5.41) is 2.79. The van der Waals surface area contributed by atoms with Gasteiger partial charge in [-0.15, -0.1) is 0 Å². The van der Waals surface area contributed by atoms with Crippen LogP contribution in [0.3, 0.4) is 0 Å². The Morgan fingerprint density at radius 1 is 1.15 bits per heavy atom. The van der Waals surface area contributed by atoms with Crippen molar-refractivity contribution in [1.29, 1.82) is 0 Å². The molecule has 0 atom stereocenters. The zero-order valence-electron chi connectivity index (χ0n) is 14.7. The molecule has 0 bridgehead atoms. The lowest BCUT2D eigenvalue weighted by molar-refractivity contribution is 0.102. The number of anilines is 1. The first-order chi connectivity index (χ1) is 12.9. The molecule has 2 aliphatic rings. The Hall–Kier alpha value is -2.09. The number of nitrogens with one attached hydrogen (secondary N) is 1. The first kappa shape index (κ1) is 18.3. The molecule has 0 aliphatic carbocycles. The molecule has 1 N–H and O–H groups in total. The SMILES string of the molecule is CC1CCN(S(=O)(=O)c2cc3c(cc2Cl)Oc2ccccc2NC3=O)CC1. The highest BCUT2D eigenvalue weighted by Gasteiger charge is 2.32. The molecule has 2 aliphatic heterocycles. The third-order valence-corrected chi connectivity index (χ3v) is 7.36. The highest BCUT2D eigenvalue weighted by molar-refractivity contribution is 7.89. The van der Waals surface area contributed by atoms with E-state index in [4.69, 9.17) is 16.3 Å². The van der Waals surface area contributed by atoms with Crippen molar-refractivity contribution in [2.24, 2.45) is 5.92 Å². The van der Waals surface area contributed by atoms with Gasteiger partial charge in [-0.25, -0.2) is 8.42 Å². The quantitative estimate of drug-likeness (QED) is 0.813. The van der Waals surface area contributed by atoms with E-state index >= 15 is 0 Å². The van der Waals surface area contributed by atoms with Crippen molar-refractivity contribution in [3.05, 3.63) is 47.0 Å². The molecule has 8 heteroatoms. The van der Waals surface area contributed by atoms with Crippen molar-refractivity contribution in [3.8, 4) is 11.5 Å². The number of amides is 1. The van der Waals surface area contributed by atoms with E-state index in [2.05, 4.69) is 12.2 Å². The van der Waals surface area contributed by atoms with Gasteiger partial charge in [-0.1, -0.05) is 30.7 Å². The fraction of sp³-hybridized carbons (Fsp3) is 0.316. The van der Waals surface area contributed by atoms with E-state index in [1.54, 1.807) is 24.3 Å². The number of nitrogens with zero attached hydrogens (tertiary/aromatic N) is 1. The summed E-state index contributed by atoms with van der Waals surface area (Å²) >= 11 is 6.30. The molecule has 6 nitrogen and oxygen atoms in total. The van der Waals surface area contributed by atoms with E-state index in [1.165, 1.54) is 16.4 Å². The lowest BCUT2D eigenvalue weighted by atomic mass is 10.0. The van der Waals surface area contributed by atoms with E-state index in [0.29, 0.717) is 30.4 Å². The topological polar surface area (TPSA) is 75.7 Å². The van der Waals surface area contributed by atoms with Gasteiger partial charge in [0.1, 0.15) is 10.6 Å². The maximum absolute atomic E-state index is 13.1. The zero-order chi connectivity index (χ0) is 19.2. The summed E-state index contributed by atoms with van der Waals surface area (Å²) in [6.45, 7) is 3.01. The zero-order valence-corrected chi connectivity index (χ0v) is 16.3. The monoisotopic (exact) mass is 406 g/mol. The van der Waals surface area contributed by atoms with Gasteiger partial charge in [0.2, 0.25) is 10.0 Å². The van der Waals surface area contributed by atoms with E-state index in [9.17, 15) is 13.2 Å². The molecular formula is C19H19ClN2O4S. The second-order valence-electron chi connectivity index (χ2n) is 6.92. The Kier molecular flexibility index (Phi) is 4.61. The number of sulfonamides is 1. The highest BCUT2D eigenvalue weighted by Crippen LogP contribution is 2.39. The Balaban J connectivity index is 1.76. The number of ether oxygens (including phenoxy) is 1. The Bertz CT molecular complexity index is 1010. The molecule has 0 aromatic heterocycles. The predicted molar refractivity (Wildman–Crippen MR) is 103 cm³/mol. The average Bonchev–Trinajstić information content (AvgIpc) is 2.76. The summed E-state index contributed by atoms with van der Waals surface area (Å²) in [4.78, 5) is 12.6. The number of carbonyl (C=O) groups excluding carboxylic acids is 1. The molecular weight excluding hydrogens is 388 g/mol. The summed E-state index contributed by atoms with van der Waals surface area (Å²) in [6, 6.07) is 9.71. The van der Waals surface area contributed by atoms with E-state index in [0.717, 1.165) is 12.8 Å². The van der Waals surface area contributed by atoms with Crippen molar-refractivity contribution in [2.45, 2.75) is 24.7 Å². The normalized spacial score (nSPS) is 18.1. The Morgan fingerprint density at radius 3 is 2.59 bits per heavy atom. The summed E-state index contributed by atoms with van der Waals surface area (Å²) in [5.41, 5.74) is 0.656. The lowest BCUT2D eigenvalue weighted by Crippen LogP contribution is -2.38. The fourth-order valence-electron chi connectivity index (χ4n) is 3.33. The van der Waals surface area contributed by atoms with Gasteiger partial charge in [-0.3, -0.25) is 4.79 Å². The van der Waals surface area contributed by atoms with Crippen molar-refractivity contribution in [3.63, 3.8) is 0 Å². The minimum absolute atomic E-state index is 0.0413. The van der Waals surface area contributed by atoms with Gasteiger partial charge >= 0.3 is 0 Å². The minimum atomic E-state index is -3.79. The van der Waals surface area contributed by atoms with Crippen LogP contribution in [0.4, 0.5) is 5.69 Å². The molecule has 2 aromatic rings. The highest BCUT2D eigenvalue weighted by atomic mass is 35.5. The van der Waals surface area contributed by atoms with Crippen LogP contribution in [-0.4, -0.2) is 31.7 Å². The molecule has 0 spiro atoms. The second kappa shape index (κ2) is 6.82. The van der Waals surface area contributed by atoms with Gasteiger partial charge in [0.15, 0.2) is 5.75 Å². The van der Waals surface area contributed by atoms with Gasteiger partial charge in [0.05, 0.1) is 16.3 Å². The van der Waals surface area contributed by atoms with Crippen LogP contribution >= 0.6 is 11.6 Å². The van der Waals surface area contributed by atoms with E-state index in [-0.39, 0.29) is 21.2 Å². The second-order valence-corrected chi connectivity index (χ2v) is 9.23. The van der Waals surface area contributed by atoms with Gasteiger partial charge in [0.25, 0.3) is 5.91 Å². The summed E-state index contributed by atoms with van der Waals surface area (Å²) in [5.74, 6) is 0.766. The standard InChI is InChI=1S/C19H19ClN2O4S/c1-12-6-8-22(9-7-12)27(24,25)18-10-13-17(11-14(18)20)26-16-5-3-2-4-15(16)21-19(13)23/h2-5,10-12H,6-9H2,1H3,(H,21,23). The molecule has 142 valence electrons. The number of rotatable bonds is 2. The largest absolute Gasteiger partial charge is 0.454 e. The number of piperidine rings is 1. The molecule has 0 saturated carbocycles. The smallest absolute Gasteiger partial charge is 0.259 e. The number of carbonyl (C=O) groups is 1. The number of benzene rings is 2. The predicted octanol–water partition coefficient (Wildman–Crippen LogP) is 4.12. The van der Waals surface area contributed by atoms with Crippen LogP contribution < -0.4 is 10.1 Å². The number of para-hydroxylation sites is 2. The van der Waals surface area contributed by atoms with Crippen LogP contribution in [0.15, 0.2) is 41.3 Å². The molecule has 0 radical (unpaired) electrons. The van der Waals surface area contributed by atoms with Crippen molar-refractivity contribution in [2.75, 3.05) is 18.4 Å². The van der Waals surface area contributed by atoms with Crippen LogP contribution in [0.5, 0.6) is 11.5 Å². The van der Waals surface area contributed by atoms with Gasteiger partial charge in [-0.2, -0.15) is 4.31 Å². The van der Waals surface area contributed by atoms with Crippen LogP contribution in [0.1, 0.15) is 30.1 Å². The summed E-state index contributed by atoms with van der Waals surface area (Å²) in [7, 11) is -3.79. The first-order valence-electron chi connectivity index (χ1n) is 8.78. The molecule has 2 heterocycles. The third kappa shape index (κ3) is 3.31. The van der Waals surface area contributed by atoms with Crippen molar-refractivity contribution < 1.29 is 17.9 Å². The Labute approximate surface area is 163 Å². The lowest BCUT2D eigenvalue weighted by Gasteiger charge is -2.29. The van der Waals surface area contributed by atoms with Crippen molar-refractivity contribution >= 4 is 33.2 Å². The molecule has 27 heavy (non-hydrogen) atoms. The van der Waals surface area contributed by atoms with Crippen LogP contribution in [0.2, 0.25) is 5.02 Å². The van der Waals surface area contributed by atoms with Crippen LogP contribution in [0, 0.1) is 5.92 Å². The van der Waals surface area contributed by atoms with E-state index in [1.807, 2.05) is 0 Å². The minimum Gasteiger partial charge on any atom is -0.454 e. The summed E-state index contributed by atoms with van der Waals surface area (Å²) < 4.78 is 33.4. The maximum atomic E-state index is 13.1. The number of halogens is 1. The molecule has 4 rings (SSSR count). The van der Waals surface area contributed by atoms with Crippen LogP contribution in [-0.2, 0) is 10.0 Å². The third-order valence-electron chi connectivity index (χ3n) is 4.99. The molecule has 1 saturated heterocycles. The average molecular weight is 407 g/mol. The van der Waals surface area contributed by atoms with Gasteiger partial charge < -0.3 is 10.1 Å². The molecule has 0 unspecified atom stereocenters. The van der Waals surface area contributed by atoms with Crippen LogP contribution in [0.25, 0.3) is 0 Å². The molecule has 2 aromatic carbocycles. The van der Waals surface area contributed by atoms with Gasteiger partial charge in [0, 0.05) is 19.2 Å². The molecule has 1 amide bonds. The number of hydrogen-bond donors (Lipinski definition) is 1. The summed E-state index contributed by atoms with van der Waals surface area (Å²) in [6.07, 6.45) is 1.61. The first-order valence-corrected chi connectivity index (χ1v) is 10.6. The Morgan fingerprint density at radius 2 is 1.85 bits per heavy atom. The number of hydrogen-bond acceptors (Lipinski definition) is 4. The van der Waals surface area contributed by atoms with Gasteiger partial charge in [-0.05, 0) is 37.0 Å². The van der Waals surface area contributed by atoms with E-state index < -0.39 is 15.9 Å². The molecule has 1 fully saturated rings.